The molecule has 1 nitrogen and oxygen atoms in total. The van der Waals surface area contributed by atoms with Gasteiger partial charge in [-0.05, 0) is 55.1 Å². The highest BCUT2D eigenvalue weighted by Gasteiger charge is 2.10. The number of aryl methyl sites for hydroxylation is 1. The van der Waals surface area contributed by atoms with Crippen LogP contribution in [0.2, 0.25) is 5.02 Å². The van der Waals surface area contributed by atoms with E-state index >= 15 is 0 Å². The van der Waals surface area contributed by atoms with Crippen molar-refractivity contribution in [2.24, 2.45) is 0 Å². The van der Waals surface area contributed by atoms with Crippen LogP contribution >= 0.6 is 11.6 Å². The molecule has 1 N–H and O–H groups in total. The molecule has 3 heteroatoms. The Kier molecular flexibility index (Phi) is 6.21. The third kappa shape index (κ3) is 4.83. The van der Waals surface area contributed by atoms with Crippen molar-refractivity contribution < 1.29 is 4.39 Å². The van der Waals surface area contributed by atoms with E-state index in [1.54, 1.807) is 6.07 Å². The molecule has 2 rings (SSSR count). The van der Waals surface area contributed by atoms with Crippen LogP contribution in [0.1, 0.15) is 36.9 Å². The third-order valence-corrected chi connectivity index (χ3v) is 3.97. The molecule has 0 amide bonds. The lowest BCUT2D eigenvalue weighted by atomic mass is 9.99. The molecule has 1 atom stereocenters. The van der Waals surface area contributed by atoms with Crippen molar-refractivity contribution in [2.45, 2.75) is 32.2 Å². The Bertz CT molecular complexity index is 556. The SMILES string of the molecule is CCNC(CCCc1cc(F)ccc1Cl)c1ccccc1. The lowest BCUT2D eigenvalue weighted by Crippen LogP contribution is -2.20. The summed E-state index contributed by atoms with van der Waals surface area (Å²) >= 11 is 6.11. The van der Waals surface area contributed by atoms with Crippen molar-refractivity contribution in [2.75, 3.05) is 6.54 Å². The van der Waals surface area contributed by atoms with Gasteiger partial charge in [0, 0.05) is 11.1 Å². The van der Waals surface area contributed by atoms with Crippen LogP contribution in [0.15, 0.2) is 48.5 Å². The zero-order valence-electron chi connectivity index (χ0n) is 12.3. The number of halogens is 2. The van der Waals surface area contributed by atoms with Crippen molar-refractivity contribution in [3.63, 3.8) is 0 Å². The Balaban J connectivity index is 1.95. The van der Waals surface area contributed by atoms with Gasteiger partial charge in [-0.1, -0.05) is 48.9 Å². The highest BCUT2D eigenvalue weighted by molar-refractivity contribution is 6.31. The van der Waals surface area contributed by atoms with Gasteiger partial charge in [0.25, 0.3) is 0 Å². The summed E-state index contributed by atoms with van der Waals surface area (Å²) in [4.78, 5) is 0. The molecule has 0 heterocycles. The zero-order valence-corrected chi connectivity index (χ0v) is 13.0. The second-order valence-corrected chi connectivity index (χ2v) is 5.56. The van der Waals surface area contributed by atoms with Crippen LogP contribution in [-0.4, -0.2) is 6.54 Å². The average molecular weight is 306 g/mol. The maximum atomic E-state index is 13.2. The van der Waals surface area contributed by atoms with Crippen molar-refractivity contribution in [1.29, 1.82) is 0 Å². The Morgan fingerprint density at radius 1 is 1.14 bits per heavy atom. The predicted molar refractivity (Wildman–Crippen MR) is 87.2 cm³/mol. The summed E-state index contributed by atoms with van der Waals surface area (Å²) in [5.41, 5.74) is 2.18. The maximum Gasteiger partial charge on any atom is 0.123 e. The third-order valence-electron chi connectivity index (χ3n) is 3.60. The van der Waals surface area contributed by atoms with Crippen LogP contribution in [0.4, 0.5) is 4.39 Å². The molecular weight excluding hydrogens is 285 g/mol. The van der Waals surface area contributed by atoms with Crippen LogP contribution in [-0.2, 0) is 6.42 Å². The monoisotopic (exact) mass is 305 g/mol. The summed E-state index contributed by atoms with van der Waals surface area (Å²) in [5, 5.41) is 4.15. The molecule has 0 aromatic heterocycles. The second kappa shape index (κ2) is 8.16. The lowest BCUT2D eigenvalue weighted by Gasteiger charge is -2.18. The molecule has 2 aromatic rings. The summed E-state index contributed by atoms with van der Waals surface area (Å²) in [6.45, 7) is 3.04. The van der Waals surface area contributed by atoms with E-state index < -0.39 is 0 Å². The van der Waals surface area contributed by atoms with Crippen LogP contribution in [0.3, 0.4) is 0 Å². The molecule has 2 aromatic carbocycles. The van der Waals surface area contributed by atoms with Crippen molar-refractivity contribution >= 4 is 11.6 Å². The van der Waals surface area contributed by atoms with E-state index in [0.717, 1.165) is 31.4 Å². The quantitative estimate of drug-likeness (QED) is 0.745. The van der Waals surface area contributed by atoms with Gasteiger partial charge in [0.1, 0.15) is 5.82 Å². The second-order valence-electron chi connectivity index (χ2n) is 5.15. The first-order valence-corrected chi connectivity index (χ1v) is 7.80. The number of hydrogen-bond donors (Lipinski definition) is 1. The molecule has 0 aliphatic rings. The number of benzene rings is 2. The van der Waals surface area contributed by atoms with Crippen molar-refractivity contribution in [1.82, 2.24) is 5.32 Å². The molecule has 0 aliphatic heterocycles. The van der Waals surface area contributed by atoms with Gasteiger partial charge in [0.15, 0.2) is 0 Å². The van der Waals surface area contributed by atoms with E-state index in [9.17, 15) is 4.39 Å². The molecular formula is C18H21ClFN. The molecule has 0 bridgehead atoms. The van der Waals surface area contributed by atoms with Crippen LogP contribution < -0.4 is 5.32 Å². The number of hydrogen-bond acceptors (Lipinski definition) is 1. The van der Waals surface area contributed by atoms with E-state index in [-0.39, 0.29) is 5.82 Å². The molecule has 21 heavy (non-hydrogen) atoms. The van der Waals surface area contributed by atoms with Gasteiger partial charge < -0.3 is 5.32 Å². The fourth-order valence-corrected chi connectivity index (χ4v) is 2.76. The minimum Gasteiger partial charge on any atom is -0.310 e. The minimum absolute atomic E-state index is 0.222. The maximum absolute atomic E-state index is 13.2. The molecule has 0 aliphatic carbocycles. The normalized spacial score (nSPS) is 12.3. The topological polar surface area (TPSA) is 12.0 Å². The minimum atomic E-state index is -0.222. The summed E-state index contributed by atoms with van der Waals surface area (Å²) < 4.78 is 13.2. The van der Waals surface area contributed by atoms with Gasteiger partial charge in [-0.3, -0.25) is 0 Å². The number of rotatable bonds is 7. The summed E-state index contributed by atoms with van der Waals surface area (Å²) in [6, 6.07) is 15.3. The smallest absolute Gasteiger partial charge is 0.123 e. The van der Waals surface area contributed by atoms with E-state index in [4.69, 9.17) is 11.6 Å². The fourth-order valence-electron chi connectivity index (χ4n) is 2.55. The van der Waals surface area contributed by atoms with Crippen molar-refractivity contribution in [3.8, 4) is 0 Å². The van der Waals surface area contributed by atoms with Crippen molar-refractivity contribution in [3.05, 3.63) is 70.5 Å². The average Bonchev–Trinajstić information content (AvgIpc) is 2.51. The standard InChI is InChI=1S/C18H21ClFN/c1-2-21-18(14-7-4-3-5-8-14)10-6-9-15-13-16(20)11-12-17(15)19/h3-5,7-8,11-13,18,21H,2,6,9-10H2,1H3. The molecule has 0 radical (unpaired) electrons. The van der Waals surface area contributed by atoms with Gasteiger partial charge in [-0.15, -0.1) is 0 Å². The molecule has 112 valence electrons. The predicted octanol–water partition coefficient (Wildman–Crippen LogP) is 5.15. The Labute approximate surface area is 131 Å². The zero-order chi connectivity index (χ0) is 15.1. The Hall–Kier alpha value is -1.38. The molecule has 0 saturated carbocycles. The van der Waals surface area contributed by atoms with Gasteiger partial charge in [-0.25, -0.2) is 4.39 Å². The van der Waals surface area contributed by atoms with Gasteiger partial charge in [0.05, 0.1) is 0 Å². The summed E-state index contributed by atoms with van der Waals surface area (Å²) in [5.74, 6) is -0.222. The molecule has 0 fully saturated rings. The summed E-state index contributed by atoms with van der Waals surface area (Å²) in [7, 11) is 0. The number of nitrogens with one attached hydrogen (secondary N) is 1. The van der Waals surface area contributed by atoms with Crippen LogP contribution in [0, 0.1) is 5.82 Å². The van der Waals surface area contributed by atoms with E-state index in [2.05, 4.69) is 36.5 Å². The Morgan fingerprint density at radius 3 is 2.62 bits per heavy atom. The van der Waals surface area contributed by atoms with E-state index in [1.807, 2.05) is 6.07 Å². The van der Waals surface area contributed by atoms with Gasteiger partial charge in [0.2, 0.25) is 0 Å². The first kappa shape index (κ1) is 16.0. The van der Waals surface area contributed by atoms with Crippen LogP contribution in [0.25, 0.3) is 0 Å². The first-order valence-electron chi connectivity index (χ1n) is 7.43. The largest absolute Gasteiger partial charge is 0.310 e. The summed E-state index contributed by atoms with van der Waals surface area (Å²) in [6.07, 6.45) is 2.77. The highest BCUT2D eigenvalue weighted by Crippen LogP contribution is 2.23. The first-order chi connectivity index (χ1) is 10.2. The van der Waals surface area contributed by atoms with E-state index in [1.165, 1.54) is 17.7 Å². The van der Waals surface area contributed by atoms with Gasteiger partial charge in [-0.2, -0.15) is 0 Å². The van der Waals surface area contributed by atoms with E-state index in [0.29, 0.717) is 11.1 Å². The highest BCUT2D eigenvalue weighted by atomic mass is 35.5. The van der Waals surface area contributed by atoms with Gasteiger partial charge >= 0.3 is 0 Å². The lowest BCUT2D eigenvalue weighted by molar-refractivity contribution is 0.497. The fraction of sp³-hybridized carbons (Fsp3) is 0.333. The Morgan fingerprint density at radius 2 is 1.90 bits per heavy atom. The van der Waals surface area contributed by atoms with Crippen LogP contribution in [0.5, 0.6) is 0 Å². The molecule has 0 spiro atoms. The molecule has 0 saturated heterocycles. The molecule has 1 unspecified atom stereocenters.